The van der Waals surface area contributed by atoms with Crippen LogP contribution in [0.3, 0.4) is 0 Å². The number of aliphatic hydroxyl groups excluding tert-OH is 4. The van der Waals surface area contributed by atoms with Crippen LogP contribution < -0.4 is 10.5 Å². The Bertz CT molecular complexity index is 428. The van der Waals surface area contributed by atoms with Gasteiger partial charge < -0.3 is 41.1 Å². The van der Waals surface area contributed by atoms with E-state index in [1.165, 1.54) is 0 Å². The minimum absolute atomic E-state index is 0. The average Bonchev–Trinajstić information content (AvgIpc) is 2.41. The van der Waals surface area contributed by atoms with Gasteiger partial charge in [0.2, 0.25) is 6.29 Å². The lowest BCUT2D eigenvalue weighted by Crippen LogP contribution is -2.60. The fraction of sp³-hybridized carbons (Fsp3) is 0.500. The van der Waals surface area contributed by atoms with Gasteiger partial charge in [-0.3, -0.25) is 0 Å². The molecule has 5 unspecified atom stereocenters. The Balaban J connectivity index is 0.00000200. The molecule has 1 saturated heterocycles. The summed E-state index contributed by atoms with van der Waals surface area (Å²) in [6.45, 7) is -0.505. The Hall–Kier alpha value is -1.42. The summed E-state index contributed by atoms with van der Waals surface area (Å²) in [5.41, 5.74) is 6.04. The van der Waals surface area contributed by atoms with E-state index in [4.69, 9.17) is 20.3 Å². The fourth-order valence-electron chi connectivity index (χ4n) is 1.88. The summed E-state index contributed by atoms with van der Waals surface area (Å²) in [6.07, 6.45) is -6.56. The number of ether oxygens (including phenoxy) is 2. The zero-order chi connectivity index (χ0) is 14.0. The Morgan fingerprint density at radius 3 is 2.35 bits per heavy atom. The van der Waals surface area contributed by atoms with Crippen molar-refractivity contribution < 1.29 is 35.4 Å². The molecule has 8 N–H and O–H groups in total. The summed E-state index contributed by atoms with van der Waals surface area (Å²) in [5, 5.41) is 38.1. The molecule has 0 saturated carbocycles. The van der Waals surface area contributed by atoms with Crippen LogP contribution in [0.25, 0.3) is 0 Å². The van der Waals surface area contributed by atoms with Crippen LogP contribution in [-0.2, 0) is 4.74 Å². The van der Waals surface area contributed by atoms with Crippen LogP contribution in [-0.4, -0.2) is 63.2 Å². The van der Waals surface area contributed by atoms with E-state index in [0.717, 1.165) is 0 Å². The minimum Gasteiger partial charge on any atom is -0.460 e. The number of para-hydroxylation sites is 2. The molecule has 1 heterocycles. The van der Waals surface area contributed by atoms with Gasteiger partial charge in [-0.2, -0.15) is 0 Å². The van der Waals surface area contributed by atoms with E-state index >= 15 is 0 Å². The highest BCUT2D eigenvalue weighted by Crippen LogP contribution is 2.27. The van der Waals surface area contributed by atoms with Crippen molar-refractivity contribution in [1.82, 2.24) is 0 Å². The molecule has 2 rings (SSSR count). The SMILES string of the molecule is Nc1ccccc1OC1OC(CO)C(O)C(O)C1O.O. The molecular formula is C12H19NO7. The van der Waals surface area contributed by atoms with Crippen molar-refractivity contribution in [2.24, 2.45) is 0 Å². The number of nitrogens with two attached hydrogens (primary N) is 1. The number of anilines is 1. The van der Waals surface area contributed by atoms with Gasteiger partial charge in [0.1, 0.15) is 30.2 Å². The molecule has 0 bridgehead atoms. The second-order valence-corrected chi connectivity index (χ2v) is 4.35. The lowest BCUT2D eigenvalue weighted by molar-refractivity contribution is -0.277. The first-order valence-electron chi connectivity index (χ1n) is 5.86. The lowest BCUT2D eigenvalue weighted by Gasteiger charge is -2.39. The van der Waals surface area contributed by atoms with Crippen molar-refractivity contribution in [3.05, 3.63) is 24.3 Å². The molecule has 0 radical (unpaired) electrons. The van der Waals surface area contributed by atoms with E-state index in [1.807, 2.05) is 0 Å². The topological polar surface area (TPSA) is 157 Å². The third-order valence-electron chi connectivity index (χ3n) is 3.01. The van der Waals surface area contributed by atoms with Crippen molar-refractivity contribution in [2.75, 3.05) is 12.3 Å². The first-order chi connectivity index (χ1) is 9.04. The first-order valence-corrected chi connectivity index (χ1v) is 5.86. The van der Waals surface area contributed by atoms with Crippen molar-refractivity contribution in [1.29, 1.82) is 0 Å². The summed E-state index contributed by atoms with van der Waals surface area (Å²) >= 11 is 0. The number of nitrogen functional groups attached to an aromatic ring is 1. The van der Waals surface area contributed by atoms with Gasteiger partial charge in [0.05, 0.1) is 12.3 Å². The maximum absolute atomic E-state index is 9.79. The van der Waals surface area contributed by atoms with Gasteiger partial charge in [-0.1, -0.05) is 12.1 Å². The number of benzene rings is 1. The fourth-order valence-corrected chi connectivity index (χ4v) is 1.88. The van der Waals surface area contributed by atoms with Crippen LogP contribution in [0.2, 0.25) is 0 Å². The number of hydrogen-bond acceptors (Lipinski definition) is 7. The zero-order valence-electron chi connectivity index (χ0n) is 10.6. The molecule has 0 aliphatic carbocycles. The summed E-state index contributed by atoms with van der Waals surface area (Å²) in [5.74, 6) is 0.284. The highest BCUT2D eigenvalue weighted by atomic mass is 16.7. The Morgan fingerprint density at radius 1 is 1.10 bits per heavy atom. The predicted octanol–water partition coefficient (Wildman–Crippen LogP) is -2.38. The first kappa shape index (κ1) is 16.6. The molecule has 8 nitrogen and oxygen atoms in total. The van der Waals surface area contributed by atoms with E-state index in [9.17, 15) is 15.3 Å². The lowest BCUT2D eigenvalue weighted by atomic mass is 9.99. The van der Waals surface area contributed by atoms with Crippen LogP contribution in [0.1, 0.15) is 0 Å². The molecular weight excluding hydrogens is 270 g/mol. The highest BCUT2D eigenvalue weighted by Gasteiger charge is 2.44. The van der Waals surface area contributed by atoms with Gasteiger partial charge in [-0.15, -0.1) is 0 Å². The second-order valence-electron chi connectivity index (χ2n) is 4.35. The maximum atomic E-state index is 9.79. The molecule has 0 amide bonds. The van der Waals surface area contributed by atoms with Crippen molar-refractivity contribution in [3.63, 3.8) is 0 Å². The molecule has 0 spiro atoms. The van der Waals surface area contributed by atoms with Crippen LogP contribution in [0, 0.1) is 0 Å². The van der Waals surface area contributed by atoms with Crippen LogP contribution in [0.4, 0.5) is 5.69 Å². The standard InChI is InChI=1S/C12H17NO6.H2O/c13-6-3-1-2-4-7(6)18-12-11(17)10(16)9(15)8(5-14)19-12;/h1-4,8-12,14-17H,5,13H2;1H2. The Morgan fingerprint density at radius 2 is 1.75 bits per heavy atom. The van der Waals surface area contributed by atoms with E-state index in [0.29, 0.717) is 5.69 Å². The van der Waals surface area contributed by atoms with Crippen molar-refractivity contribution in [2.45, 2.75) is 30.7 Å². The van der Waals surface area contributed by atoms with E-state index in [2.05, 4.69) is 0 Å². The normalized spacial score (nSPS) is 33.3. The highest BCUT2D eigenvalue weighted by molar-refractivity contribution is 5.51. The molecule has 114 valence electrons. The van der Waals surface area contributed by atoms with Crippen LogP contribution in [0.5, 0.6) is 5.75 Å². The van der Waals surface area contributed by atoms with E-state index in [1.54, 1.807) is 24.3 Å². The van der Waals surface area contributed by atoms with Gasteiger partial charge in [0.15, 0.2) is 0 Å². The molecule has 0 aromatic heterocycles. The van der Waals surface area contributed by atoms with E-state index < -0.39 is 37.3 Å². The monoisotopic (exact) mass is 289 g/mol. The average molecular weight is 289 g/mol. The Labute approximate surface area is 115 Å². The van der Waals surface area contributed by atoms with Gasteiger partial charge in [0, 0.05) is 0 Å². The largest absolute Gasteiger partial charge is 0.460 e. The molecule has 1 fully saturated rings. The molecule has 8 heteroatoms. The third-order valence-corrected chi connectivity index (χ3v) is 3.01. The van der Waals surface area contributed by atoms with Gasteiger partial charge in [0.25, 0.3) is 0 Å². The number of rotatable bonds is 3. The molecule has 20 heavy (non-hydrogen) atoms. The molecule has 1 aromatic rings. The second kappa shape index (κ2) is 6.84. The summed E-state index contributed by atoms with van der Waals surface area (Å²) in [7, 11) is 0. The summed E-state index contributed by atoms with van der Waals surface area (Å²) < 4.78 is 10.6. The van der Waals surface area contributed by atoms with Gasteiger partial charge in [-0.05, 0) is 12.1 Å². The summed E-state index contributed by atoms with van der Waals surface area (Å²) in [4.78, 5) is 0. The van der Waals surface area contributed by atoms with Crippen LogP contribution in [0.15, 0.2) is 24.3 Å². The molecule has 1 aliphatic rings. The zero-order valence-corrected chi connectivity index (χ0v) is 10.6. The van der Waals surface area contributed by atoms with Crippen molar-refractivity contribution in [3.8, 4) is 5.75 Å². The van der Waals surface area contributed by atoms with E-state index in [-0.39, 0.29) is 11.2 Å². The van der Waals surface area contributed by atoms with Crippen LogP contribution >= 0.6 is 0 Å². The van der Waals surface area contributed by atoms with Crippen molar-refractivity contribution >= 4 is 5.69 Å². The van der Waals surface area contributed by atoms with Gasteiger partial charge in [-0.25, -0.2) is 0 Å². The molecule has 5 atom stereocenters. The number of aliphatic hydroxyl groups is 4. The van der Waals surface area contributed by atoms with Gasteiger partial charge >= 0.3 is 0 Å². The minimum atomic E-state index is -1.47. The Kier molecular flexibility index (Phi) is 5.69. The molecule has 1 aromatic carbocycles. The predicted molar refractivity (Wildman–Crippen MR) is 68.9 cm³/mol. The quantitative estimate of drug-likeness (QED) is 0.389. The molecule has 1 aliphatic heterocycles. The summed E-state index contributed by atoms with van der Waals surface area (Å²) in [6, 6.07) is 6.60. The maximum Gasteiger partial charge on any atom is 0.229 e. The number of hydrogen-bond donors (Lipinski definition) is 5. The third kappa shape index (κ3) is 3.18. The smallest absolute Gasteiger partial charge is 0.229 e.